The Labute approximate surface area is 169 Å². The quantitative estimate of drug-likeness (QED) is 0.196. The van der Waals surface area contributed by atoms with Crippen LogP contribution in [0.25, 0.3) is 0 Å². The zero-order valence-electron chi connectivity index (χ0n) is 17.8. The molecule has 0 aromatic carbocycles. The predicted octanol–water partition coefficient (Wildman–Crippen LogP) is 8.41. The molecule has 0 radical (unpaired) electrons. The molecule has 1 N–H and O–H groups in total. The van der Waals surface area contributed by atoms with E-state index < -0.39 is 0 Å². The molecule has 0 amide bonds. The zero-order chi connectivity index (χ0) is 18.9. The van der Waals surface area contributed by atoms with Crippen molar-refractivity contribution < 1.29 is 5.11 Å². The second kappa shape index (κ2) is 16.2. The maximum Gasteiger partial charge on any atom is 0.0475 e. The first kappa shape index (κ1) is 24.3. The molecule has 1 fully saturated rings. The van der Waals surface area contributed by atoms with Crippen molar-refractivity contribution in [1.29, 1.82) is 0 Å². The molecule has 1 aliphatic rings. The van der Waals surface area contributed by atoms with Gasteiger partial charge in [-0.3, -0.25) is 0 Å². The lowest BCUT2D eigenvalue weighted by atomic mass is 9.74. The molecule has 0 saturated heterocycles. The number of unbranched alkanes of at least 4 members (excludes halogenated alkanes) is 13. The lowest BCUT2D eigenvalue weighted by Gasteiger charge is -2.39. The lowest BCUT2D eigenvalue weighted by molar-refractivity contribution is 0.183. The van der Waals surface area contributed by atoms with Crippen molar-refractivity contribution in [3.05, 3.63) is 0 Å². The average molecular weight is 387 g/mol. The van der Waals surface area contributed by atoms with Gasteiger partial charge >= 0.3 is 0 Å². The van der Waals surface area contributed by atoms with Crippen LogP contribution in [0.3, 0.4) is 0 Å². The molecule has 0 bridgehead atoms. The van der Waals surface area contributed by atoms with Crippen molar-refractivity contribution in [2.45, 2.75) is 140 Å². The van der Waals surface area contributed by atoms with E-state index in [1.807, 2.05) is 0 Å². The highest BCUT2D eigenvalue weighted by atomic mass is 35.5. The Balaban J connectivity index is 1.89. The van der Waals surface area contributed by atoms with Gasteiger partial charge in [0, 0.05) is 11.5 Å². The van der Waals surface area contributed by atoms with Crippen molar-refractivity contribution >= 4 is 11.6 Å². The number of alkyl halides is 1. The molecule has 0 aliphatic heterocycles. The van der Waals surface area contributed by atoms with Crippen LogP contribution < -0.4 is 0 Å². The fraction of sp³-hybridized carbons (Fsp3) is 1.00. The maximum atomic E-state index is 9.29. The zero-order valence-corrected chi connectivity index (χ0v) is 18.5. The third kappa shape index (κ3) is 11.2. The number of aliphatic hydroxyl groups is 1. The van der Waals surface area contributed by atoms with E-state index in [0.29, 0.717) is 12.5 Å². The monoisotopic (exact) mass is 386 g/mol. The van der Waals surface area contributed by atoms with Crippen LogP contribution in [0.2, 0.25) is 0 Å². The van der Waals surface area contributed by atoms with Gasteiger partial charge in [0.05, 0.1) is 0 Å². The van der Waals surface area contributed by atoms with Gasteiger partial charge < -0.3 is 5.11 Å². The Bertz CT molecular complexity index is 305. The molecular formula is C24H47ClO. The third-order valence-electron chi connectivity index (χ3n) is 6.55. The topological polar surface area (TPSA) is 20.2 Å². The summed E-state index contributed by atoms with van der Waals surface area (Å²) in [6.45, 7) is 2.59. The number of halogens is 1. The average Bonchev–Trinajstić information content (AvgIpc) is 2.64. The van der Waals surface area contributed by atoms with Crippen LogP contribution >= 0.6 is 11.6 Å². The van der Waals surface area contributed by atoms with Crippen LogP contribution in [-0.2, 0) is 0 Å². The Morgan fingerprint density at radius 3 is 1.77 bits per heavy atom. The second-order valence-electron chi connectivity index (χ2n) is 8.84. The molecule has 1 aliphatic carbocycles. The third-order valence-corrected chi connectivity index (χ3v) is 7.24. The van der Waals surface area contributed by atoms with E-state index >= 15 is 0 Å². The fourth-order valence-electron chi connectivity index (χ4n) is 4.77. The van der Waals surface area contributed by atoms with E-state index in [9.17, 15) is 5.11 Å². The second-order valence-corrected chi connectivity index (χ2v) is 9.59. The minimum absolute atomic E-state index is 0.00188. The van der Waals surface area contributed by atoms with Gasteiger partial charge in [-0.25, -0.2) is 0 Å². The van der Waals surface area contributed by atoms with Crippen LogP contribution in [0.4, 0.5) is 0 Å². The highest BCUT2D eigenvalue weighted by Crippen LogP contribution is 2.44. The van der Waals surface area contributed by atoms with Gasteiger partial charge in [-0.1, -0.05) is 110 Å². The summed E-state index contributed by atoms with van der Waals surface area (Å²) in [5, 5.41) is 9.29. The van der Waals surface area contributed by atoms with Gasteiger partial charge in [-0.05, 0) is 31.6 Å². The molecule has 156 valence electrons. The largest absolute Gasteiger partial charge is 0.396 e. The fourth-order valence-corrected chi connectivity index (χ4v) is 5.26. The van der Waals surface area contributed by atoms with Crippen LogP contribution in [0.5, 0.6) is 0 Å². The van der Waals surface area contributed by atoms with Gasteiger partial charge in [0.2, 0.25) is 0 Å². The molecule has 2 unspecified atom stereocenters. The van der Waals surface area contributed by atoms with E-state index in [1.165, 1.54) is 109 Å². The van der Waals surface area contributed by atoms with Crippen LogP contribution in [0.1, 0.15) is 135 Å². The van der Waals surface area contributed by atoms with Crippen molar-refractivity contribution in [1.82, 2.24) is 0 Å². The van der Waals surface area contributed by atoms with Gasteiger partial charge in [0.25, 0.3) is 0 Å². The lowest BCUT2D eigenvalue weighted by Crippen LogP contribution is -2.35. The molecule has 1 nitrogen and oxygen atoms in total. The van der Waals surface area contributed by atoms with E-state index in [-0.39, 0.29) is 4.87 Å². The summed E-state index contributed by atoms with van der Waals surface area (Å²) in [6, 6.07) is 0. The van der Waals surface area contributed by atoms with E-state index in [1.54, 1.807) is 0 Å². The number of hydrogen-bond donors (Lipinski definition) is 1. The number of aliphatic hydroxyl groups excluding tert-OH is 1. The number of rotatable bonds is 17. The van der Waals surface area contributed by atoms with E-state index in [0.717, 1.165) is 19.3 Å². The normalized spacial score (nSPS) is 23.4. The predicted molar refractivity (Wildman–Crippen MR) is 117 cm³/mol. The van der Waals surface area contributed by atoms with E-state index in [4.69, 9.17) is 11.6 Å². The molecule has 0 aromatic heterocycles. The molecule has 2 atom stereocenters. The summed E-state index contributed by atoms with van der Waals surface area (Å²) in [4.78, 5) is -0.00188. The molecule has 2 heteroatoms. The molecule has 1 rings (SSSR count). The standard InChI is InChI=1S/C24H47ClO/c1-2-3-4-5-6-7-8-9-10-11-12-13-14-16-20-24(25)21-17-15-18-23(24)19-22-26/h23,26H,2-22H2,1H3. The van der Waals surface area contributed by atoms with Gasteiger partial charge in [-0.2, -0.15) is 0 Å². The minimum Gasteiger partial charge on any atom is -0.396 e. The van der Waals surface area contributed by atoms with Crippen molar-refractivity contribution in [2.75, 3.05) is 6.61 Å². The highest BCUT2D eigenvalue weighted by Gasteiger charge is 2.37. The van der Waals surface area contributed by atoms with Crippen molar-refractivity contribution in [3.63, 3.8) is 0 Å². The first-order valence-electron chi connectivity index (χ1n) is 12.0. The van der Waals surface area contributed by atoms with Gasteiger partial charge in [-0.15, -0.1) is 11.6 Å². The summed E-state index contributed by atoms with van der Waals surface area (Å²) in [5.74, 6) is 0.546. The van der Waals surface area contributed by atoms with E-state index in [2.05, 4.69) is 6.92 Å². The number of hydrogen-bond acceptors (Lipinski definition) is 1. The molecule has 1 saturated carbocycles. The maximum absolute atomic E-state index is 9.29. The Morgan fingerprint density at radius 1 is 0.769 bits per heavy atom. The summed E-state index contributed by atoms with van der Waals surface area (Å²) in [7, 11) is 0. The Morgan fingerprint density at radius 2 is 1.27 bits per heavy atom. The Hall–Kier alpha value is 0.250. The SMILES string of the molecule is CCCCCCCCCCCCCCCCC1(Cl)CCCCC1CCO. The molecular weight excluding hydrogens is 340 g/mol. The van der Waals surface area contributed by atoms with Gasteiger partial charge in [0.15, 0.2) is 0 Å². The smallest absolute Gasteiger partial charge is 0.0475 e. The summed E-state index contributed by atoms with van der Waals surface area (Å²) in [6.07, 6.45) is 26.8. The summed E-state index contributed by atoms with van der Waals surface area (Å²) >= 11 is 6.96. The van der Waals surface area contributed by atoms with Gasteiger partial charge in [0.1, 0.15) is 0 Å². The first-order valence-corrected chi connectivity index (χ1v) is 12.4. The van der Waals surface area contributed by atoms with Crippen LogP contribution in [-0.4, -0.2) is 16.6 Å². The Kier molecular flexibility index (Phi) is 15.2. The molecule has 0 aromatic rings. The summed E-state index contributed by atoms with van der Waals surface area (Å²) < 4.78 is 0. The van der Waals surface area contributed by atoms with Crippen LogP contribution in [0.15, 0.2) is 0 Å². The highest BCUT2D eigenvalue weighted by molar-refractivity contribution is 6.24. The van der Waals surface area contributed by atoms with Crippen LogP contribution in [0, 0.1) is 5.92 Å². The van der Waals surface area contributed by atoms with Crippen molar-refractivity contribution in [3.8, 4) is 0 Å². The molecule has 0 heterocycles. The molecule has 26 heavy (non-hydrogen) atoms. The molecule has 0 spiro atoms. The van der Waals surface area contributed by atoms with Crippen molar-refractivity contribution in [2.24, 2.45) is 5.92 Å². The minimum atomic E-state index is -0.00188. The first-order chi connectivity index (χ1) is 12.7. The summed E-state index contributed by atoms with van der Waals surface area (Å²) in [5.41, 5.74) is 0.